The molecule has 0 aliphatic carbocycles. The number of fused-ring (bicyclic) bond motifs is 3. The Morgan fingerprint density at radius 3 is 2.19 bits per heavy atom. The van der Waals surface area contributed by atoms with E-state index in [9.17, 15) is 0 Å². The predicted molar refractivity (Wildman–Crippen MR) is 145 cm³/mol. The molecule has 3 aromatic carbocycles. The molecule has 0 unspecified atom stereocenters. The van der Waals surface area contributed by atoms with Crippen LogP contribution in [-0.2, 0) is 21.1 Å². The molecule has 0 saturated heterocycles. The van der Waals surface area contributed by atoms with Crippen molar-refractivity contribution >= 4 is 21.8 Å². The van der Waals surface area contributed by atoms with Gasteiger partial charge in [0.1, 0.15) is 5.82 Å². The third-order valence-corrected chi connectivity index (χ3v) is 6.78. The average molecular weight is 663 g/mol. The summed E-state index contributed by atoms with van der Waals surface area (Å²) in [6.07, 6.45) is 3.82. The van der Waals surface area contributed by atoms with E-state index in [0.29, 0.717) is 11.5 Å². The van der Waals surface area contributed by atoms with Gasteiger partial charge in [0.25, 0.3) is 0 Å². The molecule has 0 saturated carbocycles. The molecule has 0 amide bonds. The van der Waals surface area contributed by atoms with E-state index in [-0.39, 0.29) is 21.1 Å². The Morgan fingerprint density at radius 1 is 0.676 bits per heavy atom. The van der Waals surface area contributed by atoms with Crippen LogP contribution in [0.5, 0.6) is 11.5 Å². The van der Waals surface area contributed by atoms with Gasteiger partial charge in [-0.1, -0.05) is 41.4 Å². The zero-order valence-electron chi connectivity index (χ0n) is 21.1. The third-order valence-electron chi connectivity index (χ3n) is 6.78. The Labute approximate surface area is 231 Å². The second kappa shape index (κ2) is 9.95. The normalized spacial score (nSPS) is 11.0. The minimum absolute atomic E-state index is 0. The summed E-state index contributed by atoms with van der Waals surface area (Å²) >= 11 is 0. The Balaban J connectivity index is 0.00000280. The van der Waals surface area contributed by atoms with Crippen molar-refractivity contribution in [2.24, 2.45) is 0 Å². The molecule has 4 nitrogen and oxygen atoms in total. The molecule has 0 atom stereocenters. The van der Waals surface area contributed by atoms with Crippen molar-refractivity contribution in [2.75, 3.05) is 0 Å². The summed E-state index contributed by atoms with van der Waals surface area (Å²) in [5.41, 5.74) is 8.52. The number of para-hydroxylation sites is 1. The molecule has 0 radical (unpaired) electrons. The van der Waals surface area contributed by atoms with Gasteiger partial charge in [-0.2, -0.15) is 6.07 Å². The number of nitrogens with zero attached hydrogens (tertiary/aromatic N) is 3. The first-order valence-electron chi connectivity index (χ1n) is 12.0. The Bertz CT molecular complexity index is 1770. The van der Waals surface area contributed by atoms with Crippen molar-refractivity contribution < 1.29 is 25.8 Å². The molecule has 0 aliphatic rings. The summed E-state index contributed by atoms with van der Waals surface area (Å²) in [6, 6.07) is 29.4. The van der Waals surface area contributed by atoms with E-state index in [4.69, 9.17) is 9.72 Å². The van der Waals surface area contributed by atoms with E-state index >= 15 is 0 Å². The Kier molecular flexibility index (Phi) is 6.70. The van der Waals surface area contributed by atoms with Gasteiger partial charge in [0, 0.05) is 29.4 Å². The number of hydrogen-bond donors (Lipinski definition) is 0. The van der Waals surface area contributed by atoms with Gasteiger partial charge in [0.2, 0.25) is 0 Å². The van der Waals surface area contributed by atoms with E-state index in [1.165, 1.54) is 22.3 Å². The van der Waals surface area contributed by atoms with Crippen LogP contribution in [-0.4, -0.2) is 14.5 Å². The standard InChI is InChI=1S/C32H25N3O.Pt/c1-20-14-29(33-18-22(20)3)24-8-7-9-25(16-24)36-26-12-13-28-27-10-5-6-11-30(27)35(31(28)17-26)32-15-21(2)23(4)19-34-32;/h5-15,18-19H,1-4H3;/q-2;+2. The van der Waals surface area contributed by atoms with Crippen LogP contribution in [0.25, 0.3) is 38.9 Å². The molecular formula is C32H25N3OPt. The Hall–Kier alpha value is -3.75. The number of aryl methyl sites for hydroxylation is 4. The smallest absolute Gasteiger partial charge is 0.503 e. The van der Waals surface area contributed by atoms with Crippen molar-refractivity contribution in [3.63, 3.8) is 0 Å². The summed E-state index contributed by atoms with van der Waals surface area (Å²) in [6.45, 7) is 8.34. The van der Waals surface area contributed by atoms with Crippen LogP contribution < -0.4 is 4.74 Å². The van der Waals surface area contributed by atoms with Crippen LogP contribution in [0.3, 0.4) is 0 Å². The summed E-state index contributed by atoms with van der Waals surface area (Å²) in [7, 11) is 0. The molecular weight excluding hydrogens is 637 g/mol. The van der Waals surface area contributed by atoms with E-state index in [0.717, 1.165) is 38.9 Å². The van der Waals surface area contributed by atoms with Crippen LogP contribution in [0.15, 0.2) is 79.1 Å². The fourth-order valence-electron chi connectivity index (χ4n) is 4.45. The summed E-state index contributed by atoms with van der Waals surface area (Å²) in [5.74, 6) is 2.11. The second-order valence-corrected chi connectivity index (χ2v) is 9.25. The van der Waals surface area contributed by atoms with E-state index in [2.05, 4.69) is 91.8 Å². The van der Waals surface area contributed by atoms with Crippen LogP contribution in [0.2, 0.25) is 0 Å². The summed E-state index contributed by atoms with van der Waals surface area (Å²) in [5, 5.41) is 2.26. The average Bonchev–Trinajstić information content (AvgIpc) is 3.21. The first kappa shape index (κ1) is 24.9. The monoisotopic (exact) mass is 662 g/mol. The second-order valence-electron chi connectivity index (χ2n) is 9.25. The zero-order valence-corrected chi connectivity index (χ0v) is 23.3. The van der Waals surface area contributed by atoms with Crippen molar-refractivity contribution in [2.45, 2.75) is 27.7 Å². The first-order chi connectivity index (χ1) is 17.5. The fraction of sp³-hybridized carbons (Fsp3) is 0.125. The van der Waals surface area contributed by atoms with Crippen molar-refractivity contribution in [3.8, 4) is 28.6 Å². The summed E-state index contributed by atoms with van der Waals surface area (Å²) < 4.78 is 8.42. The van der Waals surface area contributed by atoms with Crippen molar-refractivity contribution in [3.05, 3.63) is 114 Å². The maximum absolute atomic E-state index is 6.26. The fourth-order valence-corrected chi connectivity index (χ4v) is 4.45. The van der Waals surface area contributed by atoms with Gasteiger partial charge >= 0.3 is 21.1 Å². The van der Waals surface area contributed by atoms with E-state index < -0.39 is 0 Å². The molecule has 184 valence electrons. The SMILES string of the molecule is Cc1cnc(-c2[c-]c(Oc3[c-]c4c(cc3)c3ccccc3n4-c3cc(C)c(C)cn3)ccc2)cc1C.[Pt+2]. The zero-order chi connectivity index (χ0) is 24.8. The van der Waals surface area contributed by atoms with Crippen LogP contribution in [0.4, 0.5) is 0 Å². The molecule has 6 rings (SSSR count). The minimum Gasteiger partial charge on any atom is -0.503 e. The molecule has 0 N–H and O–H groups in total. The van der Waals surface area contributed by atoms with Gasteiger partial charge in [-0.25, -0.2) is 4.98 Å². The maximum atomic E-state index is 6.26. The predicted octanol–water partition coefficient (Wildman–Crippen LogP) is 7.86. The van der Waals surface area contributed by atoms with E-state index in [1.54, 1.807) is 0 Å². The number of rotatable bonds is 4. The van der Waals surface area contributed by atoms with Gasteiger partial charge in [-0.05, 0) is 67.6 Å². The molecule has 5 heteroatoms. The summed E-state index contributed by atoms with van der Waals surface area (Å²) in [4.78, 5) is 9.32. The first-order valence-corrected chi connectivity index (χ1v) is 12.0. The van der Waals surface area contributed by atoms with Crippen LogP contribution in [0.1, 0.15) is 22.3 Å². The number of hydrogen-bond acceptors (Lipinski definition) is 3. The molecule has 0 bridgehead atoms. The van der Waals surface area contributed by atoms with Crippen molar-refractivity contribution in [1.29, 1.82) is 0 Å². The minimum atomic E-state index is 0. The molecule has 0 aliphatic heterocycles. The number of aromatic nitrogens is 3. The largest absolute Gasteiger partial charge is 2.00 e. The van der Waals surface area contributed by atoms with Gasteiger partial charge in [-0.15, -0.1) is 41.3 Å². The number of pyridine rings is 2. The molecule has 37 heavy (non-hydrogen) atoms. The maximum Gasteiger partial charge on any atom is 2.00 e. The number of ether oxygens (including phenoxy) is 1. The molecule has 0 spiro atoms. The number of benzene rings is 3. The third kappa shape index (κ3) is 4.58. The van der Waals surface area contributed by atoms with Crippen LogP contribution in [0, 0.1) is 39.8 Å². The van der Waals surface area contributed by atoms with Gasteiger partial charge < -0.3 is 14.3 Å². The van der Waals surface area contributed by atoms with Crippen LogP contribution >= 0.6 is 0 Å². The molecule has 6 aromatic rings. The quantitative estimate of drug-likeness (QED) is 0.181. The Morgan fingerprint density at radius 2 is 1.41 bits per heavy atom. The van der Waals surface area contributed by atoms with E-state index in [1.807, 2.05) is 36.7 Å². The van der Waals surface area contributed by atoms with Gasteiger partial charge in [-0.3, -0.25) is 0 Å². The van der Waals surface area contributed by atoms with Gasteiger partial charge in [0.15, 0.2) is 0 Å². The topological polar surface area (TPSA) is 39.9 Å². The van der Waals surface area contributed by atoms with Gasteiger partial charge in [0.05, 0.1) is 0 Å². The molecule has 0 fully saturated rings. The molecule has 3 aromatic heterocycles. The molecule has 3 heterocycles. The van der Waals surface area contributed by atoms with Crippen molar-refractivity contribution in [1.82, 2.24) is 14.5 Å².